The lowest BCUT2D eigenvalue weighted by atomic mass is 10.0. The Hall–Kier alpha value is -2.50. The number of hydrogen-bond donors (Lipinski definition) is 0. The molecule has 4 atom stereocenters. The van der Waals surface area contributed by atoms with E-state index in [-0.39, 0.29) is 18.8 Å². The van der Waals surface area contributed by atoms with Gasteiger partial charge in [0.25, 0.3) is 0 Å². The Balaban J connectivity index is 1.93. The number of halogens is 3. The summed E-state index contributed by atoms with van der Waals surface area (Å²) in [5.41, 5.74) is 1.73. The van der Waals surface area contributed by atoms with Crippen molar-refractivity contribution < 1.29 is 27.4 Å². The van der Waals surface area contributed by atoms with E-state index in [2.05, 4.69) is 0 Å². The van der Waals surface area contributed by atoms with Gasteiger partial charge in [-0.05, 0) is 47.7 Å². The fraction of sp³-hybridized carbons (Fsp3) is 0.458. The Kier molecular flexibility index (Phi) is 9.21. The van der Waals surface area contributed by atoms with E-state index in [9.17, 15) is 18.0 Å². The van der Waals surface area contributed by atoms with Gasteiger partial charge in [0, 0.05) is 0 Å². The molecule has 30 heavy (non-hydrogen) atoms. The van der Waals surface area contributed by atoms with Crippen molar-refractivity contribution in [2.45, 2.75) is 58.5 Å². The van der Waals surface area contributed by atoms with Gasteiger partial charge in [-0.3, -0.25) is 0 Å². The third-order valence-electron chi connectivity index (χ3n) is 5.00. The fourth-order valence-corrected chi connectivity index (χ4v) is 2.81. The summed E-state index contributed by atoms with van der Waals surface area (Å²) in [7, 11) is 0. The summed E-state index contributed by atoms with van der Waals surface area (Å²) >= 11 is 0. The Labute approximate surface area is 176 Å². The van der Waals surface area contributed by atoms with Gasteiger partial charge in [0.15, 0.2) is 12.3 Å². The summed E-state index contributed by atoms with van der Waals surface area (Å²) in [5, 5.41) is 0. The van der Waals surface area contributed by atoms with E-state index in [1.165, 1.54) is 0 Å². The van der Waals surface area contributed by atoms with E-state index in [0.29, 0.717) is 18.6 Å². The monoisotopic (exact) mass is 422 g/mol. The predicted octanol–water partition coefficient (Wildman–Crippen LogP) is 6.50. The van der Waals surface area contributed by atoms with Crippen molar-refractivity contribution in [1.82, 2.24) is 0 Å². The van der Waals surface area contributed by atoms with Crippen LogP contribution in [-0.4, -0.2) is 31.1 Å². The number of rotatable bonds is 11. The number of benzene rings is 2. The van der Waals surface area contributed by atoms with Gasteiger partial charge in [-0.15, -0.1) is 0 Å². The molecule has 0 fully saturated rings. The third kappa shape index (κ3) is 6.78. The summed E-state index contributed by atoms with van der Waals surface area (Å²) in [5.74, 6) is -0.557. The van der Waals surface area contributed by atoms with Gasteiger partial charge >= 0.3 is 5.97 Å². The van der Waals surface area contributed by atoms with Crippen LogP contribution in [0.2, 0.25) is 0 Å². The summed E-state index contributed by atoms with van der Waals surface area (Å²) in [4.78, 5) is 11.8. The second-order valence-electron chi connectivity index (χ2n) is 7.39. The number of ether oxygens (including phenoxy) is 2. The second-order valence-corrected chi connectivity index (χ2v) is 7.39. The van der Waals surface area contributed by atoms with E-state index in [1.807, 2.05) is 6.92 Å². The predicted molar refractivity (Wildman–Crippen MR) is 112 cm³/mol. The molecule has 0 heterocycles. The molecular weight excluding hydrogens is 393 g/mol. The van der Waals surface area contributed by atoms with Gasteiger partial charge in [-0.2, -0.15) is 0 Å². The van der Waals surface area contributed by atoms with Gasteiger partial charge in [-0.25, -0.2) is 18.0 Å². The SMILES string of the molecule is CCC[C@@H](F)[C@H](F)COc1ccc(-c2ccc(OC(=O)[C@@H](F)[C@@H](C)CC)cc2)cc1. The molecule has 0 N–H and O–H groups in total. The standard InChI is InChI=1S/C24H29F3O3/c1-4-6-21(25)22(26)15-29-19-11-7-17(8-12-19)18-9-13-20(14-10-18)30-24(28)23(27)16(3)5-2/h7-14,16,21-23H,4-6,15H2,1-3H3/t16-,21+,22+,23-/m0/s1. The minimum atomic E-state index is -1.65. The van der Waals surface area contributed by atoms with Crippen molar-refractivity contribution >= 4 is 5.97 Å². The quantitative estimate of drug-likeness (QED) is 0.306. The normalized spacial score (nSPS) is 15.1. The first-order valence-electron chi connectivity index (χ1n) is 10.3. The van der Waals surface area contributed by atoms with Crippen LogP contribution in [0.25, 0.3) is 11.1 Å². The summed E-state index contributed by atoms with van der Waals surface area (Å²) < 4.78 is 51.5. The highest BCUT2D eigenvalue weighted by Crippen LogP contribution is 2.26. The van der Waals surface area contributed by atoms with Crippen molar-refractivity contribution in [3.63, 3.8) is 0 Å². The van der Waals surface area contributed by atoms with Gasteiger partial charge in [0.05, 0.1) is 0 Å². The first-order chi connectivity index (χ1) is 14.3. The Morgan fingerprint density at radius 2 is 1.40 bits per heavy atom. The van der Waals surface area contributed by atoms with Crippen molar-refractivity contribution in [3.8, 4) is 22.6 Å². The zero-order chi connectivity index (χ0) is 22.1. The highest BCUT2D eigenvalue weighted by atomic mass is 19.2. The van der Waals surface area contributed by atoms with Gasteiger partial charge in [0.2, 0.25) is 0 Å². The van der Waals surface area contributed by atoms with Crippen LogP contribution in [0, 0.1) is 5.92 Å². The van der Waals surface area contributed by atoms with E-state index in [0.717, 1.165) is 11.1 Å². The van der Waals surface area contributed by atoms with Gasteiger partial charge in [0.1, 0.15) is 24.3 Å². The average molecular weight is 422 g/mol. The molecule has 2 rings (SSSR count). The number of alkyl halides is 3. The molecule has 0 amide bonds. The van der Waals surface area contributed by atoms with Crippen molar-refractivity contribution in [2.24, 2.45) is 5.92 Å². The minimum absolute atomic E-state index is 0.179. The molecule has 0 aliphatic carbocycles. The van der Waals surface area contributed by atoms with Crippen LogP contribution in [0.4, 0.5) is 13.2 Å². The van der Waals surface area contributed by atoms with Crippen LogP contribution in [-0.2, 0) is 4.79 Å². The topological polar surface area (TPSA) is 35.5 Å². The molecule has 2 aromatic carbocycles. The molecule has 0 saturated heterocycles. The second kappa shape index (κ2) is 11.6. The average Bonchev–Trinajstić information content (AvgIpc) is 2.77. The maximum Gasteiger partial charge on any atom is 0.346 e. The van der Waals surface area contributed by atoms with Crippen molar-refractivity contribution in [1.29, 1.82) is 0 Å². The fourth-order valence-electron chi connectivity index (χ4n) is 2.81. The molecule has 0 spiro atoms. The zero-order valence-corrected chi connectivity index (χ0v) is 17.6. The van der Waals surface area contributed by atoms with Crippen LogP contribution in [0.1, 0.15) is 40.0 Å². The molecular formula is C24H29F3O3. The first-order valence-corrected chi connectivity index (χ1v) is 10.3. The molecule has 0 aliphatic heterocycles. The summed E-state index contributed by atoms with van der Waals surface area (Å²) in [6.45, 7) is 4.96. The maximum atomic E-state index is 13.9. The van der Waals surface area contributed by atoms with Gasteiger partial charge in [-0.1, -0.05) is 57.9 Å². The largest absolute Gasteiger partial charge is 0.490 e. The third-order valence-corrected chi connectivity index (χ3v) is 5.00. The molecule has 2 aromatic rings. The van der Waals surface area contributed by atoms with E-state index >= 15 is 0 Å². The molecule has 0 unspecified atom stereocenters. The molecule has 0 bridgehead atoms. The lowest BCUT2D eigenvalue weighted by Crippen LogP contribution is -2.27. The molecule has 0 aromatic heterocycles. The van der Waals surface area contributed by atoms with Gasteiger partial charge < -0.3 is 9.47 Å². The molecule has 3 nitrogen and oxygen atoms in total. The van der Waals surface area contributed by atoms with E-state index < -0.39 is 30.4 Å². The smallest absolute Gasteiger partial charge is 0.346 e. The summed E-state index contributed by atoms with van der Waals surface area (Å²) in [6, 6.07) is 13.7. The Morgan fingerprint density at radius 1 is 0.867 bits per heavy atom. The van der Waals surface area contributed by atoms with E-state index in [1.54, 1.807) is 62.4 Å². The number of carbonyl (C=O) groups is 1. The van der Waals surface area contributed by atoms with Crippen LogP contribution in [0.5, 0.6) is 11.5 Å². The highest BCUT2D eigenvalue weighted by Gasteiger charge is 2.25. The number of esters is 1. The van der Waals surface area contributed by atoms with Crippen LogP contribution in [0.3, 0.4) is 0 Å². The van der Waals surface area contributed by atoms with Crippen molar-refractivity contribution in [3.05, 3.63) is 48.5 Å². The molecule has 0 radical (unpaired) electrons. The lowest BCUT2D eigenvalue weighted by molar-refractivity contribution is -0.141. The van der Waals surface area contributed by atoms with Crippen molar-refractivity contribution in [2.75, 3.05) is 6.61 Å². The van der Waals surface area contributed by atoms with Crippen LogP contribution < -0.4 is 9.47 Å². The molecule has 0 aliphatic rings. The first kappa shape index (κ1) is 23.8. The Bertz CT molecular complexity index is 777. The zero-order valence-electron chi connectivity index (χ0n) is 17.6. The minimum Gasteiger partial charge on any atom is -0.490 e. The molecule has 164 valence electrons. The molecule has 6 heteroatoms. The number of hydrogen-bond acceptors (Lipinski definition) is 3. The van der Waals surface area contributed by atoms with E-state index in [4.69, 9.17) is 9.47 Å². The lowest BCUT2D eigenvalue weighted by Gasteiger charge is -2.14. The Morgan fingerprint density at radius 3 is 1.90 bits per heavy atom. The number of carbonyl (C=O) groups excluding carboxylic acids is 1. The van der Waals surface area contributed by atoms with Crippen LogP contribution >= 0.6 is 0 Å². The maximum absolute atomic E-state index is 13.9. The molecule has 0 saturated carbocycles. The van der Waals surface area contributed by atoms with Crippen LogP contribution in [0.15, 0.2) is 48.5 Å². The highest BCUT2D eigenvalue weighted by molar-refractivity contribution is 5.77. The summed E-state index contributed by atoms with van der Waals surface area (Å²) in [6.07, 6.45) is -3.50.